The van der Waals surface area contributed by atoms with Gasteiger partial charge in [0.05, 0.1) is 40.1 Å². The standard InChI is InChI=1S/C27H26Cl3N5O4/c28-18-14-19(29)22(37-10-11-39-26-6-1-2-9-38-26)13-17(18)21-4-3-5-24-32-16(15-35(21)24)12-25(36)33-20-7-8-23(30)34-27(20)31/h3-5,7-8,13-15,26H,1-2,6,9-12H2,(H2,31,34)(H,33,36). The number of nitrogens with one attached hydrogen (secondary N) is 1. The number of hydrogen-bond acceptors (Lipinski definition) is 7. The van der Waals surface area contributed by atoms with Gasteiger partial charge in [-0.2, -0.15) is 0 Å². The molecule has 39 heavy (non-hydrogen) atoms. The smallest absolute Gasteiger partial charge is 0.230 e. The van der Waals surface area contributed by atoms with E-state index in [1.165, 1.54) is 0 Å². The van der Waals surface area contributed by atoms with Crippen LogP contribution in [0.2, 0.25) is 15.2 Å². The number of ether oxygens (including phenoxy) is 3. The predicted molar refractivity (Wildman–Crippen MR) is 152 cm³/mol. The third-order valence-electron chi connectivity index (χ3n) is 6.13. The molecule has 1 aromatic carbocycles. The average molecular weight is 591 g/mol. The van der Waals surface area contributed by atoms with Crippen molar-refractivity contribution in [2.75, 3.05) is 30.9 Å². The van der Waals surface area contributed by atoms with Crippen molar-refractivity contribution in [3.8, 4) is 17.0 Å². The molecule has 0 saturated carbocycles. The van der Waals surface area contributed by atoms with E-state index in [-0.39, 0.29) is 29.6 Å². The van der Waals surface area contributed by atoms with E-state index in [1.54, 1.807) is 30.5 Å². The molecule has 4 aromatic rings. The van der Waals surface area contributed by atoms with E-state index in [0.717, 1.165) is 31.6 Å². The molecule has 0 bridgehead atoms. The van der Waals surface area contributed by atoms with Gasteiger partial charge in [-0.1, -0.05) is 40.9 Å². The molecule has 0 radical (unpaired) electrons. The summed E-state index contributed by atoms with van der Waals surface area (Å²) >= 11 is 18.9. The van der Waals surface area contributed by atoms with Crippen LogP contribution in [0.15, 0.2) is 48.7 Å². The number of aromatic nitrogens is 3. The van der Waals surface area contributed by atoms with Crippen molar-refractivity contribution < 1.29 is 19.0 Å². The molecule has 1 saturated heterocycles. The maximum atomic E-state index is 12.7. The third kappa shape index (κ3) is 6.74. The lowest BCUT2D eigenvalue weighted by molar-refractivity contribution is -0.165. The Morgan fingerprint density at radius 3 is 2.77 bits per heavy atom. The van der Waals surface area contributed by atoms with Crippen LogP contribution in [0.3, 0.4) is 0 Å². The summed E-state index contributed by atoms with van der Waals surface area (Å²) in [5.74, 6) is 0.323. The number of fused-ring (bicyclic) bond motifs is 1. The molecule has 4 heterocycles. The van der Waals surface area contributed by atoms with Gasteiger partial charge in [-0.3, -0.25) is 9.20 Å². The fourth-order valence-corrected chi connectivity index (χ4v) is 4.98. The Hall–Kier alpha value is -3.08. The molecule has 3 N–H and O–H groups in total. The number of halogens is 3. The number of hydrogen-bond donors (Lipinski definition) is 2. The maximum Gasteiger partial charge on any atom is 0.230 e. The number of pyridine rings is 2. The summed E-state index contributed by atoms with van der Waals surface area (Å²) in [6.45, 7) is 1.40. The van der Waals surface area contributed by atoms with E-state index in [9.17, 15) is 4.79 Å². The summed E-state index contributed by atoms with van der Waals surface area (Å²) in [4.78, 5) is 21.2. The fourth-order valence-electron chi connectivity index (χ4n) is 4.29. The number of carbonyl (C=O) groups excluding carboxylic acids is 1. The Labute approximate surface area is 240 Å². The fraction of sp³-hybridized carbons (Fsp3) is 0.296. The summed E-state index contributed by atoms with van der Waals surface area (Å²) in [5.41, 5.74) is 8.89. The van der Waals surface area contributed by atoms with E-state index in [2.05, 4.69) is 15.3 Å². The Kier molecular flexibility index (Phi) is 8.74. The quantitative estimate of drug-likeness (QED) is 0.180. The average Bonchev–Trinajstić information content (AvgIpc) is 3.32. The Balaban J connectivity index is 1.31. The van der Waals surface area contributed by atoms with Gasteiger partial charge in [-0.15, -0.1) is 0 Å². The number of amides is 1. The summed E-state index contributed by atoms with van der Waals surface area (Å²) in [6, 6.07) is 12.2. The molecule has 204 valence electrons. The topological polar surface area (TPSA) is 113 Å². The highest BCUT2D eigenvalue weighted by Gasteiger charge is 2.17. The molecule has 1 atom stereocenters. The highest BCUT2D eigenvalue weighted by atomic mass is 35.5. The number of imidazole rings is 1. The molecule has 0 spiro atoms. The molecule has 1 aliphatic rings. The van der Waals surface area contributed by atoms with Crippen molar-refractivity contribution in [2.24, 2.45) is 0 Å². The number of benzene rings is 1. The lowest BCUT2D eigenvalue weighted by atomic mass is 10.1. The molecule has 3 aromatic heterocycles. The predicted octanol–water partition coefficient (Wildman–Crippen LogP) is 6.04. The Bertz CT molecular complexity index is 1490. The van der Waals surface area contributed by atoms with Gasteiger partial charge in [0.15, 0.2) is 6.29 Å². The van der Waals surface area contributed by atoms with Crippen molar-refractivity contribution in [3.05, 3.63) is 69.6 Å². The summed E-state index contributed by atoms with van der Waals surface area (Å²) in [6.07, 6.45) is 4.67. The molecule has 1 unspecified atom stereocenters. The van der Waals surface area contributed by atoms with Gasteiger partial charge >= 0.3 is 0 Å². The van der Waals surface area contributed by atoms with Gasteiger partial charge in [0, 0.05) is 18.4 Å². The lowest BCUT2D eigenvalue weighted by Crippen LogP contribution is -2.24. The van der Waals surface area contributed by atoms with Crippen LogP contribution >= 0.6 is 34.8 Å². The van der Waals surface area contributed by atoms with Crippen LogP contribution in [0.4, 0.5) is 11.5 Å². The zero-order valence-electron chi connectivity index (χ0n) is 20.8. The number of rotatable bonds is 9. The molecule has 1 fully saturated rings. The van der Waals surface area contributed by atoms with Crippen molar-refractivity contribution in [1.82, 2.24) is 14.4 Å². The molecule has 9 nitrogen and oxygen atoms in total. The first kappa shape index (κ1) is 27.5. The lowest BCUT2D eigenvalue weighted by Gasteiger charge is -2.22. The van der Waals surface area contributed by atoms with Gasteiger partial charge in [-0.05, 0) is 55.7 Å². The van der Waals surface area contributed by atoms with Gasteiger partial charge in [0.25, 0.3) is 0 Å². The molecule has 1 aliphatic heterocycles. The van der Waals surface area contributed by atoms with E-state index in [4.69, 9.17) is 54.7 Å². The van der Waals surface area contributed by atoms with Crippen molar-refractivity contribution in [2.45, 2.75) is 32.0 Å². The molecule has 12 heteroatoms. The van der Waals surface area contributed by atoms with E-state index >= 15 is 0 Å². The highest BCUT2D eigenvalue weighted by molar-refractivity contribution is 6.37. The number of anilines is 2. The number of nitrogens with two attached hydrogens (primary N) is 1. The second-order valence-corrected chi connectivity index (χ2v) is 10.1. The first-order chi connectivity index (χ1) is 18.9. The minimum atomic E-state index is -0.295. The van der Waals surface area contributed by atoms with Crippen LogP contribution < -0.4 is 15.8 Å². The van der Waals surface area contributed by atoms with E-state index < -0.39 is 0 Å². The Morgan fingerprint density at radius 1 is 1.10 bits per heavy atom. The number of carbonyl (C=O) groups is 1. The summed E-state index contributed by atoms with van der Waals surface area (Å²) < 4.78 is 19.1. The number of nitrogens with zero attached hydrogens (tertiary/aromatic N) is 3. The maximum absolute atomic E-state index is 12.7. The van der Waals surface area contributed by atoms with Crippen LogP contribution in [-0.4, -0.2) is 46.4 Å². The second kappa shape index (κ2) is 12.4. The second-order valence-electron chi connectivity index (χ2n) is 8.94. The largest absolute Gasteiger partial charge is 0.490 e. The summed E-state index contributed by atoms with van der Waals surface area (Å²) in [7, 11) is 0. The summed E-state index contributed by atoms with van der Waals surface area (Å²) in [5, 5.41) is 3.83. The highest BCUT2D eigenvalue weighted by Crippen LogP contribution is 2.37. The molecule has 0 aliphatic carbocycles. The first-order valence-corrected chi connectivity index (χ1v) is 13.5. The van der Waals surface area contributed by atoms with Crippen molar-refractivity contribution in [3.63, 3.8) is 0 Å². The van der Waals surface area contributed by atoms with Crippen LogP contribution in [-0.2, 0) is 20.7 Å². The van der Waals surface area contributed by atoms with E-state index in [0.29, 0.717) is 51.6 Å². The third-order valence-corrected chi connectivity index (χ3v) is 6.95. The SMILES string of the molecule is Nc1nc(Cl)ccc1NC(=O)Cc1cn2c(-c3cc(OCCOC4CCCCO4)c(Cl)cc3Cl)cccc2n1. The van der Waals surface area contributed by atoms with Crippen LogP contribution in [0, 0.1) is 0 Å². The molecule has 5 rings (SSSR count). The van der Waals surface area contributed by atoms with Crippen LogP contribution in [0.1, 0.15) is 25.0 Å². The van der Waals surface area contributed by atoms with Gasteiger partial charge in [0.2, 0.25) is 5.91 Å². The van der Waals surface area contributed by atoms with Crippen molar-refractivity contribution in [1.29, 1.82) is 0 Å². The van der Waals surface area contributed by atoms with Crippen LogP contribution in [0.5, 0.6) is 5.75 Å². The molecular formula is C27H26Cl3N5O4. The number of nitrogen functional groups attached to an aromatic ring is 1. The zero-order valence-corrected chi connectivity index (χ0v) is 23.1. The van der Waals surface area contributed by atoms with Crippen LogP contribution in [0.25, 0.3) is 16.9 Å². The van der Waals surface area contributed by atoms with Gasteiger partial charge in [-0.25, -0.2) is 9.97 Å². The minimum absolute atomic E-state index is 0.0244. The normalized spacial score (nSPS) is 15.4. The Morgan fingerprint density at radius 2 is 1.97 bits per heavy atom. The minimum Gasteiger partial charge on any atom is -0.490 e. The van der Waals surface area contributed by atoms with E-state index in [1.807, 2.05) is 22.6 Å². The van der Waals surface area contributed by atoms with Gasteiger partial charge < -0.3 is 25.3 Å². The first-order valence-electron chi connectivity index (χ1n) is 12.4. The molecule has 1 amide bonds. The van der Waals surface area contributed by atoms with Gasteiger partial charge in [0.1, 0.15) is 29.0 Å². The zero-order chi connectivity index (χ0) is 27.4. The monoisotopic (exact) mass is 589 g/mol. The molecular weight excluding hydrogens is 565 g/mol. The van der Waals surface area contributed by atoms with Crippen molar-refractivity contribution >= 4 is 57.9 Å².